The summed E-state index contributed by atoms with van der Waals surface area (Å²) in [4.78, 5) is 2.70. The summed E-state index contributed by atoms with van der Waals surface area (Å²) in [5, 5.41) is 13.3. The van der Waals surface area contributed by atoms with Gasteiger partial charge in [-0.2, -0.15) is 0 Å². The van der Waals surface area contributed by atoms with Gasteiger partial charge in [0.05, 0.1) is 12.1 Å². The lowest BCUT2D eigenvalue weighted by molar-refractivity contribution is 0.151. The Kier molecular flexibility index (Phi) is 2.15. The van der Waals surface area contributed by atoms with Crippen molar-refractivity contribution in [2.45, 2.75) is 25.0 Å². The van der Waals surface area contributed by atoms with Crippen LogP contribution in [-0.4, -0.2) is 5.11 Å². The minimum atomic E-state index is -0.605. The van der Waals surface area contributed by atoms with Crippen LogP contribution in [0.5, 0.6) is 0 Å². The van der Waals surface area contributed by atoms with Crippen LogP contribution in [0.1, 0.15) is 24.0 Å². The molecule has 72 valence electrons. The fourth-order valence-electron chi connectivity index (χ4n) is 1.48. The van der Waals surface area contributed by atoms with Crippen molar-refractivity contribution in [3.8, 4) is 0 Å². The lowest BCUT2D eigenvalue weighted by atomic mass is 10.0. The zero-order valence-corrected chi connectivity index (χ0v) is 7.72. The van der Waals surface area contributed by atoms with E-state index in [4.69, 9.17) is 5.53 Å². The van der Waals surface area contributed by atoms with Gasteiger partial charge in [0, 0.05) is 4.91 Å². The summed E-state index contributed by atoms with van der Waals surface area (Å²) in [6.07, 6.45) is 1.66. The smallest absolute Gasteiger partial charge is 0.0899 e. The predicted octanol–water partition coefficient (Wildman–Crippen LogP) is 2.48. The molecule has 1 N–H and O–H groups in total. The zero-order chi connectivity index (χ0) is 10.0. The summed E-state index contributed by atoms with van der Waals surface area (Å²) in [6.45, 7) is 0.348. The molecule has 0 amide bonds. The molecule has 0 atom stereocenters. The van der Waals surface area contributed by atoms with E-state index in [1.54, 1.807) is 0 Å². The van der Waals surface area contributed by atoms with E-state index in [0.29, 0.717) is 6.54 Å². The SMILES string of the molecule is [N-]=[N+]=NCc1cccc(C2(O)CC2)c1. The molecule has 0 bridgehead atoms. The highest BCUT2D eigenvalue weighted by Gasteiger charge is 2.41. The Morgan fingerprint density at radius 1 is 1.50 bits per heavy atom. The van der Waals surface area contributed by atoms with Gasteiger partial charge in [-0.25, -0.2) is 0 Å². The highest BCUT2D eigenvalue weighted by molar-refractivity contribution is 5.31. The minimum absolute atomic E-state index is 0.348. The Bertz CT molecular complexity index is 392. The van der Waals surface area contributed by atoms with Gasteiger partial charge in [-0.15, -0.1) is 0 Å². The maximum atomic E-state index is 9.85. The van der Waals surface area contributed by atoms with E-state index < -0.39 is 5.60 Å². The first-order valence-corrected chi connectivity index (χ1v) is 4.57. The predicted molar refractivity (Wildman–Crippen MR) is 52.4 cm³/mol. The first-order chi connectivity index (χ1) is 6.74. The molecular formula is C10H11N3O. The lowest BCUT2D eigenvalue weighted by Crippen LogP contribution is -2.04. The lowest BCUT2D eigenvalue weighted by Gasteiger charge is -2.08. The topological polar surface area (TPSA) is 69.0 Å². The minimum Gasteiger partial charge on any atom is -0.385 e. The Morgan fingerprint density at radius 2 is 2.29 bits per heavy atom. The summed E-state index contributed by atoms with van der Waals surface area (Å²) in [5.41, 5.74) is 9.45. The fourth-order valence-corrected chi connectivity index (χ4v) is 1.48. The number of benzene rings is 1. The number of azide groups is 1. The second-order valence-electron chi connectivity index (χ2n) is 3.62. The third kappa shape index (κ3) is 1.71. The Hall–Kier alpha value is -1.51. The molecule has 1 aromatic carbocycles. The van der Waals surface area contributed by atoms with Gasteiger partial charge in [-0.3, -0.25) is 0 Å². The molecule has 4 nitrogen and oxygen atoms in total. The molecule has 0 spiro atoms. The second-order valence-corrected chi connectivity index (χ2v) is 3.62. The van der Waals surface area contributed by atoms with E-state index in [9.17, 15) is 5.11 Å². The van der Waals surface area contributed by atoms with Gasteiger partial charge in [-0.1, -0.05) is 29.4 Å². The number of aliphatic hydroxyl groups is 1. The molecule has 14 heavy (non-hydrogen) atoms. The highest BCUT2D eigenvalue weighted by Crippen LogP contribution is 2.45. The zero-order valence-electron chi connectivity index (χ0n) is 7.72. The van der Waals surface area contributed by atoms with E-state index in [1.807, 2.05) is 24.3 Å². The monoisotopic (exact) mass is 189 g/mol. The van der Waals surface area contributed by atoms with Crippen molar-refractivity contribution in [1.29, 1.82) is 0 Å². The van der Waals surface area contributed by atoms with Gasteiger partial charge in [0.2, 0.25) is 0 Å². The molecule has 1 aliphatic carbocycles. The van der Waals surface area contributed by atoms with E-state index >= 15 is 0 Å². The summed E-state index contributed by atoms with van der Waals surface area (Å²) < 4.78 is 0. The maximum absolute atomic E-state index is 9.85. The molecule has 1 aromatic rings. The summed E-state index contributed by atoms with van der Waals surface area (Å²) >= 11 is 0. The van der Waals surface area contributed by atoms with E-state index in [0.717, 1.165) is 24.0 Å². The molecule has 1 fully saturated rings. The molecule has 1 saturated carbocycles. The third-order valence-corrected chi connectivity index (χ3v) is 2.50. The average Bonchev–Trinajstić information content (AvgIpc) is 2.95. The first kappa shape index (κ1) is 9.06. The average molecular weight is 189 g/mol. The Morgan fingerprint density at radius 3 is 2.93 bits per heavy atom. The Labute approximate surface area is 81.8 Å². The van der Waals surface area contributed by atoms with Crippen LogP contribution in [-0.2, 0) is 12.1 Å². The summed E-state index contributed by atoms with van der Waals surface area (Å²) in [7, 11) is 0. The number of nitrogens with zero attached hydrogens (tertiary/aromatic N) is 3. The molecule has 4 heteroatoms. The van der Waals surface area contributed by atoms with Gasteiger partial charge in [0.25, 0.3) is 0 Å². The molecule has 1 aliphatic rings. The first-order valence-electron chi connectivity index (χ1n) is 4.57. The van der Waals surface area contributed by atoms with Crippen molar-refractivity contribution in [3.63, 3.8) is 0 Å². The van der Waals surface area contributed by atoms with Crippen LogP contribution < -0.4 is 0 Å². The Balaban J connectivity index is 2.22. The normalized spacial score (nSPS) is 17.2. The van der Waals surface area contributed by atoms with Crippen molar-refractivity contribution in [2.24, 2.45) is 5.11 Å². The molecule has 0 aliphatic heterocycles. The van der Waals surface area contributed by atoms with E-state index in [-0.39, 0.29) is 0 Å². The fraction of sp³-hybridized carbons (Fsp3) is 0.400. The number of hydrogen-bond donors (Lipinski definition) is 1. The van der Waals surface area contributed by atoms with Crippen LogP contribution in [0, 0.1) is 0 Å². The molecule has 0 heterocycles. The van der Waals surface area contributed by atoms with E-state index in [2.05, 4.69) is 10.0 Å². The molecular weight excluding hydrogens is 178 g/mol. The van der Waals surface area contributed by atoms with Crippen molar-refractivity contribution >= 4 is 0 Å². The second kappa shape index (κ2) is 3.33. The quantitative estimate of drug-likeness (QED) is 0.443. The van der Waals surface area contributed by atoms with Gasteiger partial charge in [0.15, 0.2) is 0 Å². The van der Waals surface area contributed by atoms with Gasteiger partial charge in [0.1, 0.15) is 0 Å². The van der Waals surface area contributed by atoms with Crippen LogP contribution >= 0.6 is 0 Å². The molecule has 0 aromatic heterocycles. The molecule has 0 radical (unpaired) electrons. The van der Waals surface area contributed by atoms with Crippen molar-refractivity contribution < 1.29 is 5.11 Å². The van der Waals surface area contributed by atoms with Crippen molar-refractivity contribution in [2.75, 3.05) is 0 Å². The summed E-state index contributed by atoms with van der Waals surface area (Å²) in [6, 6.07) is 7.59. The standard InChI is InChI=1S/C10H11N3O/c11-13-12-7-8-2-1-3-9(6-8)10(14)4-5-10/h1-3,6,14H,4-5,7H2. The largest absolute Gasteiger partial charge is 0.385 e. The summed E-state index contributed by atoms with van der Waals surface area (Å²) in [5.74, 6) is 0. The van der Waals surface area contributed by atoms with Gasteiger partial charge < -0.3 is 5.11 Å². The molecule has 0 unspecified atom stereocenters. The molecule has 0 saturated heterocycles. The molecule has 2 rings (SSSR count). The number of rotatable bonds is 3. The van der Waals surface area contributed by atoms with Gasteiger partial charge in [-0.05, 0) is 29.5 Å². The van der Waals surface area contributed by atoms with E-state index in [1.165, 1.54) is 0 Å². The van der Waals surface area contributed by atoms with Crippen LogP contribution in [0.3, 0.4) is 0 Å². The number of hydrogen-bond acceptors (Lipinski definition) is 2. The van der Waals surface area contributed by atoms with Crippen LogP contribution in [0.4, 0.5) is 0 Å². The van der Waals surface area contributed by atoms with Crippen molar-refractivity contribution in [1.82, 2.24) is 0 Å². The maximum Gasteiger partial charge on any atom is 0.0899 e. The third-order valence-electron chi connectivity index (χ3n) is 2.50. The van der Waals surface area contributed by atoms with Gasteiger partial charge >= 0.3 is 0 Å². The van der Waals surface area contributed by atoms with Crippen LogP contribution in [0.2, 0.25) is 0 Å². The van der Waals surface area contributed by atoms with Crippen LogP contribution in [0.15, 0.2) is 29.4 Å². The van der Waals surface area contributed by atoms with Crippen molar-refractivity contribution in [3.05, 3.63) is 45.8 Å². The van der Waals surface area contributed by atoms with Crippen LogP contribution in [0.25, 0.3) is 10.4 Å². The highest BCUT2D eigenvalue weighted by atomic mass is 16.3.